The number of nitrogens with one attached hydrogen (secondary N) is 1. The van der Waals surface area contributed by atoms with E-state index in [1.165, 1.54) is 0 Å². The molecule has 2 unspecified atom stereocenters. The lowest BCUT2D eigenvalue weighted by molar-refractivity contribution is -0.122. The number of carbonyl (C=O) groups excluding carboxylic acids is 1. The molecule has 1 aromatic heterocycles. The molecule has 0 spiro atoms. The minimum absolute atomic E-state index is 0.0147. The molecule has 5 heteroatoms. The Hall–Kier alpha value is -1.36. The van der Waals surface area contributed by atoms with Crippen LogP contribution in [0.1, 0.15) is 17.8 Å². The Bertz CT molecular complexity index is 385. The molecule has 3 N–H and O–H groups in total. The van der Waals surface area contributed by atoms with E-state index in [-0.39, 0.29) is 24.5 Å². The van der Waals surface area contributed by atoms with E-state index in [1.54, 1.807) is 4.68 Å². The van der Waals surface area contributed by atoms with Crippen molar-refractivity contribution in [3.8, 4) is 0 Å². The van der Waals surface area contributed by atoms with Crippen molar-refractivity contribution in [2.24, 2.45) is 5.73 Å². The van der Waals surface area contributed by atoms with Crippen LogP contribution in [0.15, 0.2) is 6.07 Å². The van der Waals surface area contributed by atoms with Gasteiger partial charge in [0.05, 0.1) is 5.69 Å². The number of nitrogens with two attached hydrogens (primary N) is 1. The third-order valence-corrected chi connectivity index (χ3v) is 2.58. The van der Waals surface area contributed by atoms with Gasteiger partial charge in [0.25, 0.3) is 0 Å². The summed E-state index contributed by atoms with van der Waals surface area (Å²) in [4.78, 5) is 11.5. The molecule has 2 atom stereocenters. The summed E-state index contributed by atoms with van der Waals surface area (Å²) in [5.74, 6) is -0.0147. The lowest BCUT2D eigenvalue weighted by Gasteiger charge is -2.05. The number of aryl methyl sites for hydroxylation is 2. The second-order valence-corrected chi connectivity index (χ2v) is 4.16. The minimum atomic E-state index is -0.0147. The van der Waals surface area contributed by atoms with Gasteiger partial charge in [-0.1, -0.05) is 0 Å². The van der Waals surface area contributed by atoms with Crippen LogP contribution >= 0.6 is 0 Å². The first kappa shape index (κ1) is 10.2. The number of amides is 1. The third kappa shape index (κ3) is 2.36. The van der Waals surface area contributed by atoms with Crippen LogP contribution in [-0.2, 0) is 11.3 Å². The molecule has 1 amide bonds. The van der Waals surface area contributed by atoms with Gasteiger partial charge in [-0.2, -0.15) is 5.10 Å². The molecule has 2 rings (SSSR count). The predicted molar refractivity (Wildman–Crippen MR) is 56.2 cm³/mol. The van der Waals surface area contributed by atoms with Crippen molar-refractivity contribution < 1.29 is 4.79 Å². The Labute approximate surface area is 88.6 Å². The number of aromatic nitrogens is 2. The molecule has 1 aliphatic rings. The lowest BCUT2D eigenvalue weighted by atomic mass is 10.4. The molecule has 1 aliphatic carbocycles. The maximum atomic E-state index is 11.5. The molecular formula is C10H16N4O. The van der Waals surface area contributed by atoms with Crippen LogP contribution in [0.4, 0.5) is 0 Å². The van der Waals surface area contributed by atoms with Crippen LogP contribution < -0.4 is 11.1 Å². The monoisotopic (exact) mass is 208 g/mol. The highest BCUT2D eigenvalue weighted by atomic mass is 16.2. The van der Waals surface area contributed by atoms with Crippen LogP contribution in [0.25, 0.3) is 0 Å². The van der Waals surface area contributed by atoms with Gasteiger partial charge in [-0.15, -0.1) is 0 Å². The molecule has 0 bridgehead atoms. The van der Waals surface area contributed by atoms with Crippen molar-refractivity contribution in [2.75, 3.05) is 0 Å². The van der Waals surface area contributed by atoms with Crippen molar-refractivity contribution in [1.82, 2.24) is 15.1 Å². The van der Waals surface area contributed by atoms with Gasteiger partial charge in [0, 0.05) is 17.8 Å². The SMILES string of the molecule is Cc1cc(C)n(CC(=O)NC2CC2N)n1. The normalized spacial score (nSPS) is 23.9. The highest BCUT2D eigenvalue weighted by molar-refractivity contribution is 5.76. The summed E-state index contributed by atoms with van der Waals surface area (Å²) in [5, 5.41) is 7.09. The molecule has 0 radical (unpaired) electrons. The van der Waals surface area contributed by atoms with Gasteiger partial charge in [-0.25, -0.2) is 0 Å². The molecule has 1 fully saturated rings. The van der Waals surface area contributed by atoms with Crippen LogP contribution in [0, 0.1) is 13.8 Å². The number of carbonyl (C=O) groups is 1. The summed E-state index contributed by atoms with van der Waals surface area (Å²) in [5.41, 5.74) is 7.54. The molecule has 0 saturated heterocycles. The summed E-state index contributed by atoms with van der Waals surface area (Å²) in [7, 11) is 0. The fraction of sp³-hybridized carbons (Fsp3) is 0.600. The molecular weight excluding hydrogens is 192 g/mol. The Balaban J connectivity index is 1.91. The summed E-state index contributed by atoms with van der Waals surface area (Å²) in [6, 6.07) is 2.28. The van der Waals surface area contributed by atoms with Crippen molar-refractivity contribution in [3.63, 3.8) is 0 Å². The average Bonchev–Trinajstić information content (AvgIpc) is 2.70. The molecule has 15 heavy (non-hydrogen) atoms. The molecule has 5 nitrogen and oxygen atoms in total. The van der Waals surface area contributed by atoms with E-state index >= 15 is 0 Å². The largest absolute Gasteiger partial charge is 0.350 e. The zero-order valence-corrected chi connectivity index (χ0v) is 9.03. The van der Waals surface area contributed by atoms with Gasteiger partial charge in [0.2, 0.25) is 5.91 Å². The first-order chi connectivity index (χ1) is 7.06. The molecule has 82 valence electrons. The number of hydrogen-bond acceptors (Lipinski definition) is 3. The van der Waals surface area contributed by atoms with E-state index in [2.05, 4.69) is 10.4 Å². The predicted octanol–water partition coefficient (Wildman–Crippen LogP) is -0.284. The summed E-state index contributed by atoms with van der Waals surface area (Å²) < 4.78 is 1.71. The van der Waals surface area contributed by atoms with Gasteiger partial charge >= 0.3 is 0 Å². The van der Waals surface area contributed by atoms with Crippen LogP contribution in [0.3, 0.4) is 0 Å². The number of rotatable bonds is 3. The second kappa shape index (κ2) is 3.66. The highest BCUT2D eigenvalue weighted by Gasteiger charge is 2.34. The fourth-order valence-corrected chi connectivity index (χ4v) is 1.60. The van der Waals surface area contributed by atoms with Crippen molar-refractivity contribution in [2.45, 2.75) is 38.9 Å². The van der Waals surface area contributed by atoms with E-state index < -0.39 is 0 Å². The first-order valence-electron chi connectivity index (χ1n) is 5.12. The molecule has 0 aliphatic heterocycles. The maximum Gasteiger partial charge on any atom is 0.242 e. The van der Waals surface area contributed by atoms with Crippen LogP contribution in [0.2, 0.25) is 0 Å². The Morgan fingerprint density at radius 3 is 2.87 bits per heavy atom. The lowest BCUT2D eigenvalue weighted by Crippen LogP contribution is -2.33. The summed E-state index contributed by atoms with van der Waals surface area (Å²) in [6.45, 7) is 4.14. The highest BCUT2D eigenvalue weighted by Crippen LogP contribution is 2.17. The van der Waals surface area contributed by atoms with E-state index in [0.29, 0.717) is 0 Å². The van der Waals surface area contributed by atoms with Crippen LogP contribution in [-0.4, -0.2) is 27.8 Å². The van der Waals surface area contributed by atoms with E-state index in [4.69, 9.17) is 5.73 Å². The van der Waals surface area contributed by atoms with Gasteiger partial charge in [-0.05, 0) is 26.3 Å². The second-order valence-electron chi connectivity index (χ2n) is 4.16. The van der Waals surface area contributed by atoms with Crippen molar-refractivity contribution in [1.29, 1.82) is 0 Å². The number of hydrogen-bond donors (Lipinski definition) is 2. The first-order valence-corrected chi connectivity index (χ1v) is 5.12. The zero-order valence-electron chi connectivity index (χ0n) is 9.03. The van der Waals surface area contributed by atoms with Gasteiger partial charge in [0.1, 0.15) is 6.54 Å². The summed E-state index contributed by atoms with van der Waals surface area (Å²) >= 11 is 0. The topological polar surface area (TPSA) is 72.9 Å². The Morgan fingerprint density at radius 2 is 2.40 bits per heavy atom. The van der Waals surface area contributed by atoms with Crippen LogP contribution in [0.5, 0.6) is 0 Å². The van der Waals surface area contributed by atoms with Crippen molar-refractivity contribution >= 4 is 5.91 Å². The Kier molecular flexibility index (Phi) is 2.48. The Morgan fingerprint density at radius 1 is 1.73 bits per heavy atom. The van der Waals surface area contributed by atoms with E-state index in [0.717, 1.165) is 17.8 Å². The maximum absolute atomic E-state index is 11.5. The quantitative estimate of drug-likeness (QED) is 0.717. The van der Waals surface area contributed by atoms with Gasteiger partial charge in [0.15, 0.2) is 0 Å². The van der Waals surface area contributed by atoms with Gasteiger partial charge < -0.3 is 11.1 Å². The minimum Gasteiger partial charge on any atom is -0.350 e. The van der Waals surface area contributed by atoms with E-state index in [9.17, 15) is 4.79 Å². The number of nitrogens with zero attached hydrogens (tertiary/aromatic N) is 2. The van der Waals surface area contributed by atoms with Gasteiger partial charge in [-0.3, -0.25) is 9.48 Å². The van der Waals surface area contributed by atoms with Crippen molar-refractivity contribution in [3.05, 3.63) is 17.5 Å². The standard InChI is InChI=1S/C10H16N4O/c1-6-3-7(2)14(13-6)5-10(15)12-9-4-8(9)11/h3,8-9H,4-5,11H2,1-2H3,(H,12,15). The molecule has 1 aromatic rings. The third-order valence-electron chi connectivity index (χ3n) is 2.58. The van der Waals surface area contributed by atoms with E-state index in [1.807, 2.05) is 19.9 Å². The average molecular weight is 208 g/mol. The molecule has 1 heterocycles. The zero-order chi connectivity index (χ0) is 11.0. The summed E-state index contributed by atoms with van der Waals surface area (Å²) in [6.07, 6.45) is 0.892. The molecule has 1 saturated carbocycles. The molecule has 0 aromatic carbocycles. The fourth-order valence-electron chi connectivity index (χ4n) is 1.60. The smallest absolute Gasteiger partial charge is 0.242 e.